The molecule has 134 valence electrons. The minimum atomic E-state index is -0.862. The van der Waals surface area contributed by atoms with E-state index in [4.69, 9.17) is 0 Å². The molecule has 1 unspecified atom stereocenters. The van der Waals surface area contributed by atoms with Crippen LogP contribution in [0.25, 0.3) is 0 Å². The summed E-state index contributed by atoms with van der Waals surface area (Å²) in [7, 11) is -0.862. The zero-order chi connectivity index (χ0) is 18.4. The van der Waals surface area contributed by atoms with Crippen molar-refractivity contribution >= 4 is 25.0 Å². The van der Waals surface area contributed by atoms with Gasteiger partial charge < -0.3 is 0 Å². The topological polar surface area (TPSA) is 40.6 Å². The number of hydrogen-bond acceptors (Lipinski definition) is 2. The molecule has 2 amide bonds. The highest BCUT2D eigenvalue weighted by Gasteiger charge is 2.58. The van der Waals surface area contributed by atoms with E-state index >= 15 is 0 Å². The van der Waals surface area contributed by atoms with Crippen molar-refractivity contribution in [3.05, 3.63) is 93.5 Å². The Morgan fingerprint density at radius 3 is 1.59 bits per heavy atom. The highest BCUT2D eigenvalue weighted by Crippen LogP contribution is 2.63. The molecule has 0 aromatic heterocycles. The van der Waals surface area contributed by atoms with Gasteiger partial charge in [-0.25, -0.2) is 10.0 Å². The SMILES string of the molecule is O=C1CCC(=O)N2[C@H]([C]3[CH][CH][CH][CH]3)P(c3ccccc3)[C@H]([C]3[CH][CH][CH][CH]3)N12. The number of nitrogens with zero attached hydrogens (tertiary/aromatic N) is 2. The van der Waals surface area contributed by atoms with Crippen molar-refractivity contribution in [2.45, 2.75) is 24.4 Å². The van der Waals surface area contributed by atoms with Crippen LogP contribution in [0.3, 0.4) is 0 Å². The lowest BCUT2D eigenvalue weighted by molar-refractivity contribution is -0.170. The van der Waals surface area contributed by atoms with Crippen molar-refractivity contribution < 1.29 is 9.59 Å². The molecule has 0 N–H and O–H groups in total. The maximum absolute atomic E-state index is 13.0. The molecule has 5 heteroatoms. The molecule has 0 spiro atoms. The average Bonchev–Trinajstić information content (AvgIpc) is 3.44. The van der Waals surface area contributed by atoms with Crippen LogP contribution >= 0.6 is 7.92 Å². The maximum Gasteiger partial charge on any atom is 0.242 e. The Morgan fingerprint density at radius 1 is 0.704 bits per heavy atom. The van der Waals surface area contributed by atoms with Crippen molar-refractivity contribution in [1.29, 1.82) is 0 Å². The Labute approximate surface area is 163 Å². The van der Waals surface area contributed by atoms with Crippen LogP contribution in [0.2, 0.25) is 0 Å². The van der Waals surface area contributed by atoms with Crippen LogP contribution in [-0.2, 0) is 9.59 Å². The standard InChI is InChI=1S/C22H19N2O2P/c25-19-14-15-20(26)24-22(17-10-6-7-11-17)27(18-12-2-1-3-13-18)21(23(19)24)16-8-4-5-9-16/h1-13,21-22H,14-15H2/t21-,22+,27?. The second-order valence-electron chi connectivity index (χ2n) is 6.90. The van der Waals surface area contributed by atoms with Gasteiger partial charge in [-0.15, -0.1) is 0 Å². The van der Waals surface area contributed by atoms with E-state index in [0.29, 0.717) is 0 Å². The Hall–Kier alpha value is -1.41. The van der Waals surface area contributed by atoms with Crippen LogP contribution in [0.4, 0.5) is 0 Å². The van der Waals surface area contributed by atoms with E-state index in [0.717, 1.165) is 11.8 Å². The molecule has 2 aliphatic carbocycles. The van der Waals surface area contributed by atoms with Crippen molar-refractivity contribution in [2.75, 3.05) is 0 Å². The molecule has 2 heterocycles. The third kappa shape index (κ3) is 2.92. The summed E-state index contributed by atoms with van der Waals surface area (Å²) in [5.41, 5.74) is 0. The van der Waals surface area contributed by atoms with E-state index in [1.807, 2.05) is 43.9 Å². The number of hydrazine groups is 1. The predicted molar refractivity (Wildman–Crippen MR) is 104 cm³/mol. The highest BCUT2D eigenvalue weighted by molar-refractivity contribution is 7.67. The minimum absolute atomic E-state index is 0.0401. The van der Waals surface area contributed by atoms with Crippen molar-refractivity contribution in [3.8, 4) is 0 Å². The summed E-state index contributed by atoms with van der Waals surface area (Å²) in [4.78, 5) is 25.9. The number of carbonyl (C=O) groups excluding carboxylic acids is 2. The predicted octanol–water partition coefficient (Wildman–Crippen LogP) is 2.64. The van der Waals surface area contributed by atoms with E-state index in [1.165, 1.54) is 5.30 Å². The lowest BCUT2D eigenvalue weighted by Crippen LogP contribution is -2.55. The molecule has 4 aliphatic rings. The van der Waals surface area contributed by atoms with E-state index < -0.39 is 7.92 Å². The fourth-order valence-corrected chi connectivity index (χ4v) is 7.46. The molecule has 5 rings (SSSR count). The highest BCUT2D eigenvalue weighted by atomic mass is 31.1. The lowest BCUT2D eigenvalue weighted by Gasteiger charge is -2.39. The van der Waals surface area contributed by atoms with Gasteiger partial charge in [0.1, 0.15) is 0 Å². The Balaban J connectivity index is 1.63. The number of amides is 2. The van der Waals surface area contributed by atoms with Gasteiger partial charge in [0.05, 0.1) is 11.6 Å². The summed E-state index contributed by atoms with van der Waals surface area (Å²) < 4.78 is 0. The third-order valence-electron chi connectivity index (χ3n) is 5.31. The Kier molecular flexibility index (Phi) is 4.71. The van der Waals surface area contributed by atoms with Gasteiger partial charge in [0.15, 0.2) is 0 Å². The molecule has 2 aliphatic heterocycles. The van der Waals surface area contributed by atoms with Gasteiger partial charge in [0.25, 0.3) is 0 Å². The second-order valence-corrected chi connectivity index (χ2v) is 9.21. The molecular weight excluding hydrogens is 355 g/mol. The van der Waals surface area contributed by atoms with E-state index in [1.54, 1.807) is 10.0 Å². The molecule has 1 aromatic rings. The summed E-state index contributed by atoms with van der Waals surface area (Å²) in [6.07, 6.45) is 16.9. The van der Waals surface area contributed by atoms with Gasteiger partial charge in [0.2, 0.25) is 11.8 Å². The summed E-state index contributed by atoms with van der Waals surface area (Å²) in [6, 6.07) is 10.3. The fraction of sp³-hybridized carbons (Fsp3) is 0.182. The summed E-state index contributed by atoms with van der Waals surface area (Å²) in [6.45, 7) is 0. The van der Waals surface area contributed by atoms with E-state index in [-0.39, 0.29) is 36.2 Å². The number of carbonyl (C=O) groups is 2. The molecule has 10 radical (unpaired) electrons. The molecule has 0 bridgehead atoms. The van der Waals surface area contributed by atoms with Gasteiger partial charge in [-0.3, -0.25) is 9.59 Å². The maximum atomic E-state index is 13.0. The first-order chi connectivity index (χ1) is 13.3. The molecule has 4 fully saturated rings. The van der Waals surface area contributed by atoms with Gasteiger partial charge in [-0.1, -0.05) is 30.3 Å². The van der Waals surface area contributed by atoms with Crippen LogP contribution in [0, 0.1) is 63.2 Å². The third-order valence-corrected chi connectivity index (χ3v) is 8.30. The molecule has 4 nitrogen and oxygen atoms in total. The summed E-state index contributed by atoms with van der Waals surface area (Å²) >= 11 is 0. The van der Waals surface area contributed by atoms with E-state index in [9.17, 15) is 9.59 Å². The van der Waals surface area contributed by atoms with Crippen LogP contribution in [0.1, 0.15) is 12.8 Å². The number of hydrogen-bond donors (Lipinski definition) is 0. The fourth-order valence-electron chi connectivity index (χ4n) is 4.17. The van der Waals surface area contributed by atoms with Crippen LogP contribution < -0.4 is 5.30 Å². The van der Waals surface area contributed by atoms with Crippen molar-refractivity contribution in [2.24, 2.45) is 0 Å². The van der Waals surface area contributed by atoms with Gasteiger partial charge in [0, 0.05) is 24.7 Å². The van der Waals surface area contributed by atoms with Gasteiger partial charge in [-0.2, -0.15) is 0 Å². The first-order valence-electron chi connectivity index (χ1n) is 9.16. The Bertz CT molecular complexity index is 670. The van der Waals surface area contributed by atoms with Crippen molar-refractivity contribution in [3.63, 3.8) is 0 Å². The molecule has 2 saturated carbocycles. The smallest absolute Gasteiger partial charge is 0.242 e. The van der Waals surface area contributed by atoms with Crippen LogP contribution in [0.15, 0.2) is 30.3 Å². The molecule has 27 heavy (non-hydrogen) atoms. The number of fused-ring (bicyclic) bond motifs is 1. The van der Waals surface area contributed by atoms with Crippen molar-refractivity contribution in [1.82, 2.24) is 10.0 Å². The molecule has 1 aromatic carbocycles. The van der Waals surface area contributed by atoms with E-state index in [2.05, 4.69) is 37.8 Å². The quantitative estimate of drug-likeness (QED) is 0.764. The first kappa shape index (κ1) is 17.7. The molecular formula is C22H19N2O2P. The molecule has 3 atom stereocenters. The molecule has 2 saturated heterocycles. The second kappa shape index (κ2) is 7.20. The van der Waals surface area contributed by atoms with Crippen LogP contribution in [0.5, 0.6) is 0 Å². The first-order valence-corrected chi connectivity index (χ1v) is 10.6. The Morgan fingerprint density at radius 2 is 1.15 bits per heavy atom. The minimum Gasteiger partial charge on any atom is -0.273 e. The number of rotatable bonds is 3. The monoisotopic (exact) mass is 374 g/mol. The zero-order valence-electron chi connectivity index (χ0n) is 14.7. The van der Waals surface area contributed by atoms with Gasteiger partial charge in [-0.05, 0) is 64.6 Å². The largest absolute Gasteiger partial charge is 0.273 e. The number of benzene rings is 1. The summed E-state index contributed by atoms with van der Waals surface area (Å²) in [5.74, 6) is 2.05. The van der Waals surface area contributed by atoms with Crippen LogP contribution in [-0.4, -0.2) is 33.4 Å². The zero-order valence-corrected chi connectivity index (χ0v) is 15.6. The van der Waals surface area contributed by atoms with Gasteiger partial charge >= 0.3 is 0 Å². The lowest BCUT2D eigenvalue weighted by atomic mass is 10.1. The average molecular weight is 374 g/mol. The summed E-state index contributed by atoms with van der Waals surface area (Å²) in [5, 5.41) is 4.73. The normalized spacial score (nSPS) is 32.5.